The van der Waals surface area contributed by atoms with Crippen molar-refractivity contribution >= 4 is 35.3 Å². The van der Waals surface area contributed by atoms with Gasteiger partial charge in [0.25, 0.3) is 0 Å². The van der Waals surface area contributed by atoms with E-state index in [9.17, 15) is 4.79 Å². The second kappa shape index (κ2) is 8.24. The Bertz CT molecular complexity index is 826. The van der Waals surface area contributed by atoms with Crippen molar-refractivity contribution in [3.05, 3.63) is 36.7 Å². The van der Waals surface area contributed by atoms with Gasteiger partial charge >= 0.3 is 6.03 Å². The maximum absolute atomic E-state index is 12.6. The molecule has 0 saturated carbocycles. The van der Waals surface area contributed by atoms with Crippen molar-refractivity contribution in [2.24, 2.45) is 0 Å². The summed E-state index contributed by atoms with van der Waals surface area (Å²) in [6.07, 6.45) is 4.50. The van der Waals surface area contributed by atoms with E-state index in [2.05, 4.69) is 19.8 Å². The van der Waals surface area contributed by atoms with E-state index in [0.29, 0.717) is 12.2 Å². The number of aromatic nitrogens is 2. The Hall–Kier alpha value is -2.52. The molecule has 0 spiro atoms. The maximum atomic E-state index is 12.6. The van der Waals surface area contributed by atoms with Gasteiger partial charge in [0.05, 0.1) is 10.6 Å². The van der Waals surface area contributed by atoms with Gasteiger partial charge in [0.1, 0.15) is 0 Å². The lowest BCUT2D eigenvalue weighted by Gasteiger charge is -2.36. The van der Waals surface area contributed by atoms with Crippen molar-refractivity contribution in [3.63, 3.8) is 0 Å². The van der Waals surface area contributed by atoms with Crippen molar-refractivity contribution < 1.29 is 4.79 Å². The molecule has 0 atom stereocenters. The number of hydrogen-bond acceptors (Lipinski definition) is 7. The summed E-state index contributed by atoms with van der Waals surface area (Å²) in [4.78, 5) is 28.7. The van der Waals surface area contributed by atoms with E-state index in [1.165, 1.54) is 11.9 Å². The molecule has 2 aliphatic rings. The van der Waals surface area contributed by atoms with Crippen molar-refractivity contribution in [2.75, 3.05) is 61.8 Å². The summed E-state index contributed by atoms with van der Waals surface area (Å²) in [5.74, 6) is 0.804. The maximum Gasteiger partial charge on any atom is 0.334 e. The molecule has 3 heterocycles. The van der Waals surface area contributed by atoms with Gasteiger partial charge in [-0.2, -0.15) is 0 Å². The monoisotopic (exact) mass is 399 g/mol. The number of carbonyl (C=O) groups excluding carboxylic acids is 1. The minimum Gasteiger partial charge on any atom is -0.399 e. The smallest absolute Gasteiger partial charge is 0.334 e. The van der Waals surface area contributed by atoms with Crippen LogP contribution in [0, 0.1) is 0 Å². The molecule has 28 heavy (non-hydrogen) atoms. The lowest BCUT2D eigenvalue weighted by molar-refractivity contribution is 0.224. The SMILES string of the molecule is CN1C(=O)N(CCCN2CCN(c3ncccn3)CC2)Sc2cc(N)ccc21. The number of anilines is 3. The molecule has 1 aromatic heterocycles. The Balaban J connectivity index is 1.26. The van der Waals surface area contributed by atoms with E-state index in [-0.39, 0.29) is 6.03 Å². The number of rotatable bonds is 5. The zero-order valence-electron chi connectivity index (χ0n) is 16.0. The molecule has 1 saturated heterocycles. The summed E-state index contributed by atoms with van der Waals surface area (Å²) in [5, 5.41) is 0. The Kier molecular flexibility index (Phi) is 5.54. The minimum absolute atomic E-state index is 0.0216. The first-order valence-electron chi connectivity index (χ1n) is 9.49. The Morgan fingerprint density at radius 1 is 1.11 bits per heavy atom. The highest BCUT2D eigenvalue weighted by atomic mass is 32.2. The summed E-state index contributed by atoms with van der Waals surface area (Å²) < 4.78 is 1.83. The summed E-state index contributed by atoms with van der Waals surface area (Å²) in [6.45, 7) is 5.51. The Labute approximate surface area is 169 Å². The van der Waals surface area contributed by atoms with Gasteiger partial charge in [0.15, 0.2) is 0 Å². The summed E-state index contributed by atoms with van der Waals surface area (Å²) >= 11 is 1.49. The van der Waals surface area contributed by atoms with E-state index in [4.69, 9.17) is 5.73 Å². The van der Waals surface area contributed by atoms with E-state index in [1.807, 2.05) is 35.6 Å². The highest BCUT2D eigenvalue weighted by Crippen LogP contribution is 2.39. The van der Waals surface area contributed by atoms with Crippen LogP contribution in [0.15, 0.2) is 41.6 Å². The molecule has 2 N–H and O–H groups in total. The molecule has 0 radical (unpaired) electrons. The van der Waals surface area contributed by atoms with E-state index in [0.717, 1.165) is 55.7 Å². The van der Waals surface area contributed by atoms with E-state index >= 15 is 0 Å². The zero-order valence-corrected chi connectivity index (χ0v) is 16.8. The number of benzene rings is 1. The minimum atomic E-state index is 0.0216. The number of carbonyl (C=O) groups is 1. The van der Waals surface area contributed by atoms with E-state index in [1.54, 1.807) is 17.3 Å². The number of urea groups is 1. The zero-order chi connectivity index (χ0) is 19.5. The van der Waals surface area contributed by atoms with Crippen LogP contribution in [0.3, 0.4) is 0 Å². The van der Waals surface area contributed by atoms with Gasteiger partial charge in [-0.3, -0.25) is 14.1 Å². The van der Waals surface area contributed by atoms with Crippen LogP contribution in [0.2, 0.25) is 0 Å². The summed E-state index contributed by atoms with van der Waals surface area (Å²) in [5.41, 5.74) is 7.54. The number of fused-ring (bicyclic) bond motifs is 1. The van der Waals surface area contributed by atoms with Gasteiger partial charge in [-0.15, -0.1) is 0 Å². The molecule has 0 aliphatic carbocycles. The largest absolute Gasteiger partial charge is 0.399 e. The number of nitrogen functional groups attached to an aromatic ring is 1. The molecule has 148 valence electrons. The van der Waals surface area contributed by atoms with Crippen molar-refractivity contribution in [3.8, 4) is 0 Å². The lowest BCUT2D eigenvalue weighted by atomic mass is 10.2. The van der Waals surface area contributed by atoms with Crippen LogP contribution in [0.5, 0.6) is 0 Å². The molecule has 2 aliphatic heterocycles. The number of amides is 2. The average molecular weight is 400 g/mol. The van der Waals surface area contributed by atoms with Gasteiger partial charge in [0.2, 0.25) is 5.95 Å². The van der Waals surface area contributed by atoms with Gasteiger partial charge in [0, 0.05) is 64.4 Å². The van der Waals surface area contributed by atoms with Crippen LogP contribution in [0.25, 0.3) is 0 Å². The van der Waals surface area contributed by atoms with Crippen LogP contribution in [-0.4, -0.2) is 71.5 Å². The first kappa shape index (κ1) is 18.8. The standard InChI is InChI=1S/C19H25N7OS/c1-23-16-5-4-15(20)14-17(16)28-26(19(23)27)9-3-8-24-10-12-25(13-11-24)18-21-6-2-7-22-18/h2,4-7,14H,3,8-13,20H2,1H3. The topological polar surface area (TPSA) is 81.8 Å². The normalized spacial score (nSPS) is 17.8. The fourth-order valence-electron chi connectivity index (χ4n) is 3.51. The quantitative estimate of drug-likeness (QED) is 0.609. The molecule has 1 aromatic carbocycles. The number of piperazine rings is 1. The molecule has 9 heteroatoms. The van der Waals surface area contributed by atoms with Gasteiger partial charge in [-0.05, 0) is 42.6 Å². The van der Waals surface area contributed by atoms with E-state index < -0.39 is 0 Å². The third-order valence-corrected chi connectivity index (χ3v) is 6.18. The molecular formula is C19H25N7OS. The van der Waals surface area contributed by atoms with Crippen LogP contribution < -0.4 is 15.5 Å². The first-order valence-corrected chi connectivity index (χ1v) is 10.3. The summed E-state index contributed by atoms with van der Waals surface area (Å²) in [6, 6.07) is 7.53. The van der Waals surface area contributed by atoms with Gasteiger partial charge in [-0.25, -0.2) is 14.8 Å². The Morgan fingerprint density at radius 3 is 2.61 bits per heavy atom. The number of nitrogens with two attached hydrogens (primary N) is 1. The highest BCUT2D eigenvalue weighted by molar-refractivity contribution is 7.97. The van der Waals surface area contributed by atoms with Crippen LogP contribution in [-0.2, 0) is 0 Å². The fourth-order valence-corrected chi connectivity index (χ4v) is 4.66. The predicted octanol–water partition coefficient (Wildman–Crippen LogP) is 2.15. The molecule has 1 fully saturated rings. The molecule has 0 bridgehead atoms. The van der Waals surface area contributed by atoms with Crippen LogP contribution in [0.4, 0.5) is 22.1 Å². The number of hydrogen-bond donors (Lipinski definition) is 1. The van der Waals surface area contributed by atoms with Crippen molar-refractivity contribution in [1.29, 1.82) is 0 Å². The second-order valence-corrected chi connectivity index (χ2v) is 8.06. The average Bonchev–Trinajstić information content (AvgIpc) is 2.72. The molecule has 8 nitrogen and oxygen atoms in total. The highest BCUT2D eigenvalue weighted by Gasteiger charge is 2.29. The molecular weight excluding hydrogens is 374 g/mol. The third kappa shape index (κ3) is 4.00. The van der Waals surface area contributed by atoms with Gasteiger partial charge in [-0.1, -0.05) is 0 Å². The fraction of sp³-hybridized carbons (Fsp3) is 0.421. The van der Waals surface area contributed by atoms with Crippen molar-refractivity contribution in [1.82, 2.24) is 19.2 Å². The Morgan fingerprint density at radius 2 is 1.86 bits per heavy atom. The molecule has 4 rings (SSSR count). The van der Waals surface area contributed by atoms with Gasteiger partial charge < -0.3 is 10.6 Å². The predicted molar refractivity (Wildman–Crippen MR) is 113 cm³/mol. The third-order valence-electron chi connectivity index (χ3n) is 5.10. The molecule has 0 unspecified atom stereocenters. The second-order valence-electron chi connectivity index (χ2n) is 6.99. The first-order chi connectivity index (χ1) is 13.6. The van der Waals surface area contributed by atoms with Crippen LogP contribution >= 0.6 is 11.9 Å². The summed E-state index contributed by atoms with van der Waals surface area (Å²) in [7, 11) is 1.81. The molecule has 2 aromatic rings. The molecule has 2 amide bonds. The van der Waals surface area contributed by atoms with Crippen molar-refractivity contribution in [2.45, 2.75) is 11.3 Å². The number of nitrogens with zero attached hydrogens (tertiary/aromatic N) is 6. The lowest BCUT2D eigenvalue weighted by Crippen LogP contribution is -2.48. The van der Waals surface area contributed by atoms with Crippen LogP contribution in [0.1, 0.15) is 6.42 Å².